The third-order valence-electron chi connectivity index (χ3n) is 7.37. The van der Waals surface area contributed by atoms with Crippen molar-refractivity contribution in [1.82, 2.24) is 4.90 Å². The number of aliphatic hydroxyl groups is 4. The number of Topliss-reactive ketones (excluding diaryl/α,β-unsaturated/α-hetero) is 2. The van der Waals surface area contributed by atoms with E-state index in [-0.39, 0.29) is 28.3 Å². The third-order valence-corrected chi connectivity index (χ3v) is 7.74. The Morgan fingerprint density at radius 2 is 1.83 bits per heavy atom. The van der Waals surface area contributed by atoms with E-state index in [1.807, 2.05) is 0 Å². The van der Waals surface area contributed by atoms with Crippen LogP contribution in [0.25, 0.3) is 5.76 Å². The van der Waals surface area contributed by atoms with Crippen molar-refractivity contribution in [3.63, 3.8) is 0 Å². The molecule has 7 N–H and O–H groups in total. The van der Waals surface area contributed by atoms with Crippen molar-refractivity contribution in [2.24, 2.45) is 17.6 Å². The Balaban J connectivity index is 2.08. The summed E-state index contributed by atoms with van der Waals surface area (Å²) in [6.45, 7) is 1.31. The minimum atomic E-state index is -2.81. The minimum Gasteiger partial charge on any atom is -0.508 e. The lowest BCUT2D eigenvalue weighted by molar-refractivity contribution is -0.159. The number of benzene rings is 1. The van der Waals surface area contributed by atoms with Crippen molar-refractivity contribution in [2.75, 3.05) is 21.2 Å². The number of hydrogen-bond acceptors (Lipinski definition) is 10. The van der Waals surface area contributed by atoms with E-state index in [2.05, 4.69) is 0 Å². The molecule has 0 bridgehead atoms. The van der Waals surface area contributed by atoms with E-state index in [0.29, 0.717) is 0 Å². The Morgan fingerprint density at radius 3 is 2.34 bits per heavy atom. The molecule has 0 saturated heterocycles. The molecule has 1 amide bonds. The number of ether oxygens (including phenoxy) is 1. The number of halogens is 1. The van der Waals surface area contributed by atoms with Gasteiger partial charge >= 0.3 is 0 Å². The molecule has 5 atom stereocenters. The van der Waals surface area contributed by atoms with Gasteiger partial charge in [-0.1, -0.05) is 11.6 Å². The van der Waals surface area contributed by atoms with Crippen LogP contribution in [-0.2, 0) is 20.0 Å². The first-order valence-corrected chi connectivity index (χ1v) is 11.0. The smallest absolute Gasteiger partial charge is 0.255 e. The molecule has 12 heteroatoms. The van der Waals surface area contributed by atoms with Gasteiger partial charge in [-0.25, -0.2) is 0 Å². The molecule has 0 spiro atoms. The number of amides is 1. The average molecular weight is 509 g/mol. The standard InChI is InChI=1S/C23H25ClN2O9/c1-22(33)7-5-8-16(26(2)3)18(29)13(21(25)32)20(31)23(8,34)19(30)11(7)17(28)12-9(27)6-10(35-4)15(24)14(12)22/h6-8,16,27-28,31,33-34H,5H2,1-4H3,(H2,25,32)/t7-,8-,16-,22-,23-/m0/s1. The molecule has 0 heterocycles. The highest BCUT2D eigenvalue weighted by atomic mass is 35.5. The van der Waals surface area contributed by atoms with Crippen LogP contribution >= 0.6 is 11.6 Å². The summed E-state index contributed by atoms with van der Waals surface area (Å²) in [4.78, 5) is 40.3. The first-order valence-electron chi connectivity index (χ1n) is 10.6. The molecule has 3 aliphatic rings. The summed E-state index contributed by atoms with van der Waals surface area (Å²) in [5, 5.41) is 55.7. The Morgan fingerprint density at radius 1 is 1.23 bits per heavy atom. The van der Waals surface area contributed by atoms with Gasteiger partial charge in [0.15, 0.2) is 11.4 Å². The molecule has 0 aliphatic heterocycles. The van der Waals surface area contributed by atoms with Gasteiger partial charge in [-0.2, -0.15) is 0 Å². The zero-order valence-electron chi connectivity index (χ0n) is 19.3. The topological polar surface area (TPSA) is 191 Å². The lowest BCUT2D eigenvalue weighted by Gasteiger charge is -2.53. The summed E-state index contributed by atoms with van der Waals surface area (Å²) in [6.07, 6.45) is -0.299. The fourth-order valence-corrected chi connectivity index (χ4v) is 6.18. The van der Waals surface area contributed by atoms with E-state index in [4.69, 9.17) is 22.1 Å². The molecule has 0 unspecified atom stereocenters. The number of aromatic hydroxyl groups is 1. The zero-order chi connectivity index (χ0) is 26.4. The van der Waals surface area contributed by atoms with Gasteiger partial charge in [0.25, 0.3) is 5.91 Å². The van der Waals surface area contributed by atoms with Crippen molar-refractivity contribution in [2.45, 2.75) is 30.6 Å². The summed E-state index contributed by atoms with van der Waals surface area (Å²) < 4.78 is 5.15. The largest absolute Gasteiger partial charge is 0.508 e. The van der Waals surface area contributed by atoms with Crippen molar-refractivity contribution in [1.29, 1.82) is 0 Å². The van der Waals surface area contributed by atoms with Crippen LogP contribution in [-0.4, -0.2) is 80.8 Å². The van der Waals surface area contributed by atoms with Crippen LogP contribution in [0.1, 0.15) is 24.5 Å². The van der Waals surface area contributed by atoms with Crippen molar-refractivity contribution in [3.05, 3.63) is 39.1 Å². The van der Waals surface area contributed by atoms with Gasteiger partial charge in [-0.3, -0.25) is 19.3 Å². The first-order chi connectivity index (χ1) is 16.1. The maximum Gasteiger partial charge on any atom is 0.255 e. The first kappa shape index (κ1) is 25.0. The highest BCUT2D eigenvalue weighted by molar-refractivity contribution is 6.33. The van der Waals surface area contributed by atoms with Crippen LogP contribution in [0, 0.1) is 11.8 Å². The SMILES string of the molecule is COc1cc(O)c2c(c1Cl)[C@@](C)(O)[C@H]1C[C@H]3[C@H](N(C)C)C(=O)C(C(N)=O)=C(O)[C@@]3(O)C(=O)C1=C2O. The lowest BCUT2D eigenvalue weighted by atomic mass is 9.54. The predicted octanol–water partition coefficient (Wildman–Crippen LogP) is 0.291. The Labute approximate surface area is 204 Å². The molecule has 1 fully saturated rings. The zero-order valence-corrected chi connectivity index (χ0v) is 20.0. The fraction of sp³-hybridized carbons (Fsp3) is 0.435. The monoisotopic (exact) mass is 508 g/mol. The normalized spacial score (nSPS) is 32.4. The number of nitrogens with two attached hydrogens (primary N) is 1. The molecule has 3 aliphatic carbocycles. The van der Waals surface area contributed by atoms with E-state index in [0.717, 1.165) is 6.07 Å². The number of primary amides is 1. The van der Waals surface area contributed by atoms with Gasteiger partial charge in [0.1, 0.15) is 28.6 Å². The average Bonchev–Trinajstić information content (AvgIpc) is 2.75. The maximum atomic E-state index is 13.8. The lowest BCUT2D eigenvalue weighted by Crippen LogP contribution is -2.67. The molecular weight excluding hydrogens is 484 g/mol. The minimum absolute atomic E-state index is 0.00349. The van der Waals surface area contributed by atoms with Crippen LogP contribution in [0.3, 0.4) is 0 Å². The molecule has 11 nitrogen and oxygen atoms in total. The summed E-state index contributed by atoms with van der Waals surface area (Å²) >= 11 is 6.44. The number of ketones is 2. The number of phenols is 1. The van der Waals surface area contributed by atoms with E-state index in [1.165, 1.54) is 33.0 Å². The molecule has 188 valence electrons. The van der Waals surface area contributed by atoms with Gasteiger partial charge < -0.3 is 36.0 Å². The van der Waals surface area contributed by atoms with Crippen LogP contribution in [0.5, 0.6) is 11.5 Å². The number of phenolic OH excluding ortho intramolecular Hbond substituents is 1. The molecule has 1 saturated carbocycles. The van der Waals surface area contributed by atoms with Gasteiger partial charge in [-0.15, -0.1) is 0 Å². The van der Waals surface area contributed by atoms with Crippen molar-refractivity contribution in [3.8, 4) is 11.5 Å². The molecular formula is C23H25ClN2O9. The Bertz CT molecular complexity index is 1270. The summed E-state index contributed by atoms with van der Waals surface area (Å²) in [7, 11) is 4.24. The molecule has 0 radical (unpaired) electrons. The van der Waals surface area contributed by atoms with E-state index >= 15 is 0 Å². The van der Waals surface area contributed by atoms with Gasteiger partial charge in [0, 0.05) is 29.0 Å². The van der Waals surface area contributed by atoms with Crippen LogP contribution in [0.2, 0.25) is 5.02 Å². The van der Waals surface area contributed by atoms with Crippen molar-refractivity contribution >= 4 is 34.8 Å². The number of carbonyl (C=O) groups excluding carboxylic acids is 3. The number of rotatable bonds is 3. The quantitative estimate of drug-likeness (QED) is 0.309. The summed E-state index contributed by atoms with van der Waals surface area (Å²) in [6, 6.07) is -0.194. The second kappa shape index (κ2) is 7.69. The fourth-order valence-electron chi connectivity index (χ4n) is 5.76. The van der Waals surface area contributed by atoms with Gasteiger partial charge in [-0.05, 0) is 27.4 Å². The highest BCUT2D eigenvalue weighted by Crippen LogP contribution is 2.59. The van der Waals surface area contributed by atoms with E-state index < -0.39 is 75.0 Å². The number of methoxy groups -OCH3 is 1. The Kier molecular flexibility index (Phi) is 5.49. The second-order valence-corrected chi connectivity index (χ2v) is 9.80. The number of nitrogens with zero attached hydrogens (tertiary/aromatic N) is 1. The number of likely N-dealkylation sites (N-methyl/N-ethyl adjacent to an activating group) is 1. The van der Waals surface area contributed by atoms with Gasteiger partial charge in [0.2, 0.25) is 5.78 Å². The molecule has 35 heavy (non-hydrogen) atoms. The molecule has 1 aromatic rings. The van der Waals surface area contributed by atoms with Crippen molar-refractivity contribution < 1.29 is 44.7 Å². The highest BCUT2D eigenvalue weighted by Gasteiger charge is 2.66. The molecule has 1 aromatic carbocycles. The van der Waals surface area contributed by atoms with Crippen LogP contribution < -0.4 is 10.5 Å². The van der Waals surface area contributed by atoms with Crippen LogP contribution in [0.15, 0.2) is 23.0 Å². The predicted molar refractivity (Wildman–Crippen MR) is 122 cm³/mol. The van der Waals surface area contributed by atoms with E-state index in [1.54, 1.807) is 0 Å². The van der Waals surface area contributed by atoms with Crippen LogP contribution in [0.4, 0.5) is 0 Å². The number of aliphatic hydroxyl groups excluding tert-OH is 2. The molecule has 4 rings (SSSR count). The number of carbonyl (C=O) groups is 3. The second-order valence-electron chi connectivity index (χ2n) is 9.42. The number of hydrogen-bond donors (Lipinski definition) is 6. The maximum absolute atomic E-state index is 13.8. The number of fused-ring (bicyclic) bond motifs is 3. The Hall–Kier alpha value is -3.12. The van der Waals surface area contributed by atoms with E-state index in [9.17, 15) is 39.9 Å². The van der Waals surface area contributed by atoms with Gasteiger partial charge in [0.05, 0.1) is 29.3 Å². The third kappa shape index (κ3) is 2.99. The summed E-state index contributed by atoms with van der Waals surface area (Å²) in [5.41, 5.74) is -1.41. The summed E-state index contributed by atoms with van der Waals surface area (Å²) in [5.74, 6) is -8.60. The molecule has 0 aromatic heterocycles.